The highest BCUT2D eigenvalue weighted by Crippen LogP contribution is 2.38. The molecule has 2 N–H and O–H groups in total. The molecule has 1 aromatic carbocycles. The van der Waals surface area contributed by atoms with Gasteiger partial charge in [0.05, 0.1) is 21.3 Å². The normalized spacial score (nSPS) is 11.8. The minimum atomic E-state index is -1.06. The Morgan fingerprint density at radius 1 is 1.16 bits per heavy atom. The number of aliphatic carboxylic acids is 1. The zero-order valence-corrected chi connectivity index (χ0v) is 15.0. The number of benzene rings is 1. The summed E-state index contributed by atoms with van der Waals surface area (Å²) in [4.78, 5) is 23.2. The number of rotatable bonds is 10. The zero-order chi connectivity index (χ0) is 18.8. The number of allylic oxidation sites excluding steroid dienone is 1. The summed E-state index contributed by atoms with van der Waals surface area (Å²) in [5.74, 6) is 0.114. The van der Waals surface area contributed by atoms with Crippen LogP contribution in [0.1, 0.15) is 25.3 Å². The molecule has 1 amide bonds. The highest BCUT2D eigenvalue weighted by atomic mass is 16.5. The van der Waals surface area contributed by atoms with E-state index in [-0.39, 0.29) is 18.7 Å². The van der Waals surface area contributed by atoms with Crippen LogP contribution in [0, 0.1) is 0 Å². The molecule has 0 radical (unpaired) electrons. The zero-order valence-electron chi connectivity index (χ0n) is 15.0. The number of ether oxygens (including phenoxy) is 3. The summed E-state index contributed by atoms with van der Waals surface area (Å²) >= 11 is 0. The molecule has 0 saturated carbocycles. The van der Waals surface area contributed by atoms with Gasteiger partial charge in [-0.1, -0.05) is 12.2 Å². The van der Waals surface area contributed by atoms with Crippen molar-refractivity contribution >= 4 is 11.9 Å². The first-order chi connectivity index (χ1) is 12.0. The average Bonchev–Trinajstić information content (AvgIpc) is 2.61. The van der Waals surface area contributed by atoms with E-state index >= 15 is 0 Å². The monoisotopic (exact) mass is 351 g/mol. The lowest BCUT2D eigenvalue weighted by Gasteiger charge is -2.15. The van der Waals surface area contributed by atoms with Crippen molar-refractivity contribution in [3.63, 3.8) is 0 Å². The Balaban J connectivity index is 2.76. The number of aryl methyl sites for hydroxylation is 1. The Hall–Kier alpha value is -2.70. The Bertz CT molecular complexity index is 601. The van der Waals surface area contributed by atoms with Crippen LogP contribution in [0.4, 0.5) is 0 Å². The van der Waals surface area contributed by atoms with Crippen LogP contribution < -0.4 is 19.5 Å². The standard InChI is InChI=1S/C18H25NO6/c1-5-6-7-13(18(21)22)19-16(20)9-8-12-10-14(23-2)17(25-4)15(11-12)24-3/h5-6,10-11,13H,7-9H2,1-4H3,(H,19,20)(H,21,22)/b6-5+. The molecule has 0 bridgehead atoms. The third-order valence-electron chi connectivity index (χ3n) is 3.61. The molecule has 7 nitrogen and oxygen atoms in total. The lowest BCUT2D eigenvalue weighted by molar-refractivity contribution is -0.141. The summed E-state index contributed by atoms with van der Waals surface area (Å²) in [5.41, 5.74) is 0.824. The number of nitrogens with one attached hydrogen (secondary N) is 1. The van der Waals surface area contributed by atoms with Gasteiger partial charge < -0.3 is 24.6 Å². The highest BCUT2D eigenvalue weighted by Gasteiger charge is 2.19. The van der Waals surface area contributed by atoms with Crippen molar-refractivity contribution in [3.05, 3.63) is 29.8 Å². The van der Waals surface area contributed by atoms with Crippen LogP contribution in [-0.2, 0) is 16.0 Å². The molecule has 1 aromatic rings. The van der Waals surface area contributed by atoms with E-state index in [1.54, 1.807) is 31.2 Å². The number of carboxylic acids is 1. The molecular weight excluding hydrogens is 326 g/mol. The minimum absolute atomic E-state index is 0.151. The molecule has 0 saturated heterocycles. The summed E-state index contributed by atoms with van der Waals surface area (Å²) in [6, 6.07) is 2.61. The lowest BCUT2D eigenvalue weighted by atomic mass is 10.1. The molecule has 1 atom stereocenters. The van der Waals surface area contributed by atoms with Crippen LogP contribution in [0.2, 0.25) is 0 Å². The van der Waals surface area contributed by atoms with E-state index in [9.17, 15) is 9.59 Å². The van der Waals surface area contributed by atoms with E-state index < -0.39 is 12.0 Å². The summed E-state index contributed by atoms with van der Waals surface area (Å²) in [7, 11) is 4.56. The van der Waals surface area contributed by atoms with Crippen molar-refractivity contribution < 1.29 is 28.9 Å². The number of carboxylic acid groups (broad SMARTS) is 1. The first kappa shape index (κ1) is 20.3. The van der Waals surface area contributed by atoms with Crippen LogP contribution in [0.25, 0.3) is 0 Å². The molecule has 1 unspecified atom stereocenters. The quantitative estimate of drug-likeness (QED) is 0.628. The first-order valence-corrected chi connectivity index (χ1v) is 7.89. The van der Waals surface area contributed by atoms with Gasteiger partial charge in [-0.2, -0.15) is 0 Å². The second kappa shape index (κ2) is 10.2. The fourth-order valence-corrected chi connectivity index (χ4v) is 2.30. The third-order valence-corrected chi connectivity index (χ3v) is 3.61. The van der Waals surface area contributed by atoms with Gasteiger partial charge >= 0.3 is 5.97 Å². The molecule has 0 aromatic heterocycles. The molecule has 138 valence electrons. The van der Waals surface area contributed by atoms with Gasteiger partial charge in [-0.25, -0.2) is 4.79 Å². The molecule has 1 rings (SSSR count). The fourth-order valence-electron chi connectivity index (χ4n) is 2.30. The maximum Gasteiger partial charge on any atom is 0.326 e. The molecule has 25 heavy (non-hydrogen) atoms. The van der Waals surface area contributed by atoms with Gasteiger partial charge in [0.25, 0.3) is 0 Å². The smallest absolute Gasteiger partial charge is 0.326 e. The molecular formula is C18H25NO6. The van der Waals surface area contributed by atoms with E-state index in [0.29, 0.717) is 23.7 Å². The third kappa shape index (κ3) is 6.02. The van der Waals surface area contributed by atoms with E-state index in [1.807, 2.05) is 0 Å². The van der Waals surface area contributed by atoms with Gasteiger partial charge in [-0.3, -0.25) is 4.79 Å². The molecule has 0 aliphatic heterocycles. The predicted octanol–water partition coefficient (Wildman–Crippen LogP) is 2.18. The number of methoxy groups -OCH3 is 3. The summed E-state index contributed by atoms with van der Waals surface area (Å²) in [6.07, 6.45) is 4.27. The van der Waals surface area contributed by atoms with Gasteiger partial charge in [0.1, 0.15) is 6.04 Å². The average molecular weight is 351 g/mol. The van der Waals surface area contributed by atoms with Crippen LogP contribution in [0.15, 0.2) is 24.3 Å². The number of carbonyl (C=O) groups is 2. The fraction of sp³-hybridized carbons (Fsp3) is 0.444. The van der Waals surface area contributed by atoms with Crippen molar-refractivity contribution in [3.8, 4) is 17.2 Å². The second-order valence-corrected chi connectivity index (χ2v) is 5.30. The summed E-state index contributed by atoms with van der Waals surface area (Å²) < 4.78 is 15.8. The van der Waals surface area contributed by atoms with E-state index in [0.717, 1.165) is 5.56 Å². The van der Waals surface area contributed by atoms with Crippen molar-refractivity contribution in [2.75, 3.05) is 21.3 Å². The van der Waals surface area contributed by atoms with Gasteiger partial charge in [0.15, 0.2) is 11.5 Å². The van der Waals surface area contributed by atoms with E-state index in [4.69, 9.17) is 19.3 Å². The SMILES string of the molecule is C/C=C/CC(NC(=O)CCc1cc(OC)c(OC)c(OC)c1)C(=O)O. The maximum atomic E-state index is 12.0. The minimum Gasteiger partial charge on any atom is -0.493 e. The summed E-state index contributed by atoms with van der Waals surface area (Å²) in [5, 5.41) is 11.7. The number of amides is 1. The number of hydrogen-bond acceptors (Lipinski definition) is 5. The predicted molar refractivity (Wildman–Crippen MR) is 93.4 cm³/mol. The highest BCUT2D eigenvalue weighted by molar-refractivity contribution is 5.83. The lowest BCUT2D eigenvalue weighted by Crippen LogP contribution is -2.40. The Morgan fingerprint density at radius 3 is 2.20 bits per heavy atom. The van der Waals surface area contributed by atoms with Crippen molar-refractivity contribution in [1.29, 1.82) is 0 Å². The number of hydrogen-bond donors (Lipinski definition) is 2. The summed E-state index contributed by atoms with van der Waals surface area (Å²) in [6.45, 7) is 1.80. The molecule has 0 aliphatic rings. The molecule has 0 spiro atoms. The van der Waals surface area contributed by atoms with Crippen LogP contribution >= 0.6 is 0 Å². The molecule has 0 heterocycles. The first-order valence-electron chi connectivity index (χ1n) is 7.89. The van der Waals surface area contributed by atoms with Crippen molar-refractivity contribution in [2.24, 2.45) is 0 Å². The molecule has 0 aliphatic carbocycles. The Morgan fingerprint density at radius 2 is 1.76 bits per heavy atom. The van der Waals surface area contributed by atoms with Gasteiger partial charge in [0.2, 0.25) is 11.7 Å². The Labute approximate surface area is 147 Å². The topological polar surface area (TPSA) is 94.1 Å². The van der Waals surface area contributed by atoms with Crippen LogP contribution in [-0.4, -0.2) is 44.4 Å². The number of carbonyl (C=O) groups excluding carboxylic acids is 1. The van der Waals surface area contributed by atoms with Gasteiger partial charge in [0, 0.05) is 6.42 Å². The van der Waals surface area contributed by atoms with E-state index in [2.05, 4.69) is 5.32 Å². The van der Waals surface area contributed by atoms with Crippen LogP contribution in [0.3, 0.4) is 0 Å². The largest absolute Gasteiger partial charge is 0.493 e. The van der Waals surface area contributed by atoms with E-state index in [1.165, 1.54) is 21.3 Å². The molecule has 0 fully saturated rings. The maximum absolute atomic E-state index is 12.0. The van der Waals surface area contributed by atoms with Crippen LogP contribution in [0.5, 0.6) is 17.2 Å². The van der Waals surface area contributed by atoms with Gasteiger partial charge in [-0.15, -0.1) is 0 Å². The second-order valence-electron chi connectivity index (χ2n) is 5.30. The Kier molecular flexibility index (Phi) is 8.32. The molecule has 7 heteroatoms. The van der Waals surface area contributed by atoms with Crippen molar-refractivity contribution in [2.45, 2.75) is 32.2 Å². The van der Waals surface area contributed by atoms with Gasteiger partial charge in [-0.05, 0) is 37.5 Å². The van der Waals surface area contributed by atoms with Crippen molar-refractivity contribution in [1.82, 2.24) is 5.32 Å².